The van der Waals surface area contributed by atoms with Gasteiger partial charge in [0.1, 0.15) is 18.3 Å². The number of aliphatic hydroxyl groups is 3. The Morgan fingerprint density at radius 3 is 2.10 bits per heavy atom. The van der Waals surface area contributed by atoms with E-state index in [1.54, 1.807) is 0 Å². The van der Waals surface area contributed by atoms with Crippen molar-refractivity contribution in [2.45, 2.75) is 23.7 Å². The molecule has 0 aromatic carbocycles. The van der Waals surface area contributed by atoms with Gasteiger partial charge >= 0.3 is 0 Å². The zero-order valence-electron chi connectivity index (χ0n) is 5.18. The monoisotopic (exact) mass is 164 g/mol. The lowest BCUT2D eigenvalue weighted by Gasteiger charge is -2.26. The lowest BCUT2D eigenvalue weighted by Crippen LogP contribution is -2.44. The molecule has 0 spiro atoms. The van der Waals surface area contributed by atoms with Crippen molar-refractivity contribution in [3.8, 4) is 0 Å². The zero-order chi connectivity index (χ0) is 7.72. The summed E-state index contributed by atoms with van der Waals surface area (Å²) in [6.45, 7) is 0. The summed E-state index contributed by atoms with van der Waals surface area (Å²) >= 11 is 5.52. The molecule has 3 nitrogen and oxygen atoms in total. The van der Waals surface area contributed by atoms with Crippen molar-refractivity contribution in [1.82, 2.24) is 0 Å². The van der Waals surface area contributed by atoms with Crippen molar-refractivity contribution in [3.63, 3.8) is 0 Å². The first-order chi connectivity index (χ1) is 4.63. The van der Waals surface area contributed by atoms with Gasteiger partial charge in [-0.2, -0.15) is 0 Å². The van der Waals surface area contributed by atoms with E-state index in [2.05, 4.69) is 0 Å². The number of alkyl halides is 1. The fourth-order valence-electron chi connectivity index (χ4n) is 0.838. The molecule has 0 aromatic rings. The predicted molar refractivity (Wildman–Crippen MR) is 36.8 cm³/mol. The maximum Gasteiger partial charge on any atom is 0.111 e. The van der Waals surface area contributed by atoms with E-state index < -0.39 is 23.7 Å². The van der Waals surface area contributed by atoms with Crippen LogP contribution in [-0.4, -0.2) is 39.0 Å². The predicted octanol–water partition coefficient (Wildman–Crippen LogP) is -0.754. The second kappa shape index (κ2) is 2.88. The molecule has 0 unspecified atom stereocenters. The smallest absolute Gasteiger partial charge is 0.111 e. The molecule has 1 rings (SSSR count). The van der Waals surface area contributed by atoms with Crippen molar-refractivity contribution >= 4 is 11.6 Å². The summed E-state index contributed by atoms with van der Waals surface area (Å²) in [6, 6.07) is 0. The molecule has 0 heterocycles. The Labute approximate surface area is 63.6 Å². The third-order valence-electron chi connectivity index (χ3n) is 1.52. The van der Waals surface area contributed by atoms with Crippen molar-refractivity contribution in [2.24, 2.45) is 0 Å². The van der Waals surface area contributed by atoms with Crippen LogP contribution in [-0.2, 0) is 0 Å². The summed E-state index contributed by atoms with van der Waals surface area (Å²) in [5, 5.41) is 26.3. The van der Waals surface area contributed by atoms with E-state index in [0.29, 0.717) is 0 Å². The van der Waals surface area contributed by atoms with Crippen molar-refractivity contribution in [3.05, 3.63) is 12.2 Å². The van der Waals surface area contributed by atoms with Crippen LogP contribution in [0.25, 0.3) is 0 Å². The molecule has 4 atom stereocenters. The standard InChI is InChI=1S/C6H9ClO3/c7-3-1-2-4(8)6(10)5(3)9/h1-6,8-10H/t3-,4-,5+,6-/m1/s1. The minimum absolute atomic E-state index is 0.599. The molecule has 10 heavy (non-hydrogen) atoms. The largest absolute Gasteiger partial charge is 0.388 e. The molecule has 4 heteroatoms. The van der Waals surface area contributed by atoms with Gasteiger partial charge in [-0.1, -0.05) is 12.2 Å². The Bertz CT molecular complexity index is 132. The summed E-state index contributed by atoms with van der Waals surface area (Å²) in [6.07, 6.45) is -0.391. The van der Waals surface area contributed by atoms with Crippen molar-refractivity contribution in [1.29, 1.82) is 0 Å². The third-order valence-corrected chi connectivity index (χ3v) is 1.92. The summed E-state index contributed by atoms with van der Waals surface area (Å²) in [5.41, 5.74) is 0. The van der Waals surface area contributed by atoms with Crippen LogP contribution in [0.2, 0.25) is 0 Å². The molecule has 0 saturated carbocycles. The molecule has 0 aromatic heterocycles. The Morgan fingerprint density at radius 2 is 1.60 bits per heavy atom. The van der Waals surface area contributed by atoms with Crippen LogP contribution in [0.4, 0.5) is 0 Å². The second-order valence-corrected chi connectivity index (χ2v) is 2.81. The van der Waals surface area contributed by atoms with Crippen LogP contribution < -0.4 is 0 Å². The lowest BCUT2D eigenvalue weighted by molar-refractivity contribution is -0.0437. The number of aliphatic hydroxyl groups excluding tert-OH is 3. The number of rotatable bonds is 0. The van der Waals surface area contributed by atoms with Crippen molar-refractivity contribution in [2.75, 3.05) is 0 Å². The van der Waals surface area contributed by atoms with Crippen molar-refractivity contribution < 1.29 is 15.3 Å². The molecule has 0 amide bonds. The van der Waals surface area contributed by atoms with Gasteiger partial charge in [-0.15, -0.1) is 11.6 Å². The number of hydrogen-bond acceptors (Lipinski definition) is 3. The van der Waals surface area contributed by atoms with Crippen LogP contribution in [0.15, 0.2) is 12.2 Å². The fraction of sp³-hybridized carbons (Fsp3) is 0.667. The first-order valence-electron chi connectivity index (χ1n) is 2.99. The van der Waals surface area contributed by atoms with Crippen LogP contribution >= 0.6 is 11.6 Å². The number of hydrogen-bond donors (Lipinski definition) is 3. The molecule has 0 aliphatic heterocycles. The van der Waals surface area contributed by atoms with Gasteiger partial charge in [-0.05, 0) is 0 Å². The highest BCUT2D eigenvalue weighted by molar-refractivity contribution is 6.22. The maximum absolute atomic E-state index is 9.02. The van der Waals surface area contributed by atoms with Gasteiger partial charge in [0.25, 0.3) is 0 Å². The van der Waals surface area contributed by atoms with E-state index >= 15 is 0 Å². The highest BCUT2D eigenvalue weighted by Crippen LogP contribution is 2.17. The van der Waals surface area contributed by atoms with E-state index in [1.807, 2.05) is 0 Å². The first kappa shape index (κ1) is 8.01. The van der Waals surface area contributed by atoms with E-state index in [0.717, 1.165) is 0 Å². The molecule has 3 N–H and O–H groups in total. The van der Waals surface area contributed by atoms with Crippen LogP contribution in [0.3, 0.4) is 0 Å². The van der Waals surface area contributed by atoms with Gasteiger partial charge in [-0.3, -0.25) is 0 Å². The maximum atomic E-state index is 9.02. The van der Waals surface area contributed by atoms with E-state index in [1.165, 1.54) is 12.2 Å². The molecule has 1 aliphatic carbocycles. The molecular formula is C6H9ClO3. The summed E-state index contributed by atoms with van der Waals surface area (Å²) in [4.78, 5) is 0. The molecule has 0 saturated heterocycles. The topological polar surface area (TPSA) is 60.7 Å². The summed E-state index contributed by atoms with van der Waals surface area (Å²) in [7, 11) is 0. The Kier molecular flexibility index (Phi) is 2.31. The molecule has 0 radical (unpaired) electrons. The Balaban J connectivity index is 2.69. The minimum Gasteiger partial charge on any atom is -0.388 e. The molecule has 58 valence electrons. The zero-order valence-corrected chi connectivity index (χ0v) is 5.94. The van der Waals surface area contributed by atoms with E-state index in [9.17, 15) is 0 Å². The SMILES string of the molecule is O[C@@H]1[C@H](O)[C@H](O)C=C[C@H]1Cl. The minimum atomic E-state index is -1.16. The Hall–Kier alpha value is -0.0900. The van der Waals surface area contributed by atoms with Gasteiger partial charge in [-0.25, -0.2) is 0 Å². The van der Waals surface area contributed by atoms with Gasteiger partial charge in [0.15, 0.2) is 0 Å². The summed E-state index contributed by atoms with van der Waals surface area (Å²) in [5.74, 6) is 0. The average molecular weight is 165 g/mol. The highest BCUT2D eigenvalue weighted by Gasteiger charge is 2.31. The van der Waals surface area contributed by atoms with E-state index in [4.69, 9.17) is 26.9 Å². The molecule has 1 aliphatic rings. The fourth-order valence-corrected chi connectivity index (χ4v) is 1.07. The van der Waals surface area contributed by atoms with Crippen LogP contribution in [0, 0.1) is 0 Å². The normalized spacial score (nSPS) is 47.6. The van der Waals surface area contributed by atoms with E-state index in [-0.39, 0.29) is 0 Å². The first-order valence-corrected chi connectivity index (χ1v) is 3.43. The van der Waals surface area contributed by atoms with Gasteiger partial charge in [0.2, 0.25) is 0 Å². The average Bonchev–Trinajstić information content (AvgIpc) is 1.93. The molecular weight excluding hydrogens is 156 g/mol. The lowest BCUT2D eigenvalue weighted by atomic mass is 9.99. The molecule has 0 fully saturated rings. The van der Waals surface area contributed by atoms with Gasteiger partial charge < -0.3 is 15.3 Å². The summed E-state index contributed by atoms with van der Waals surface area (Å²) < 4.78 is 0. The Morgan fingerprint density at radius 1 is 1.00 bits per heavy atom. The highest BCUT2D eigenvalue weighted by atomic mass is 35.5. The quantitative estimate of drug-likeness (QED) is 0.326. The third kappa shape index (κ3) is 1.32. The van der Waals surface area contributed by atoms with Crippen LogP contribution in [0.1, 0.15) is 0 Å². The van der Waals surface area contributed by atoms with Crippen LogP contribution in [0.5, 0.6) is 0 Å². The van der Waals surface area contributed by atoms with Gasteiger partial charge in [0.05, 0.1) is 5.38 Å². The molecule has 0 bridgehead atoms. The number of halogens is 1. The van der Waals surface area contributed by atoms with Gasteiger partial charge in [0, 0.05) is 0 Å². The second-order valence-electron chi connectivity index (χ2n) is 2.30.